The maximum Gasteiger partial charge on any atom is 0.338 e. The molecule has 0 radical (unpaired) electrons. The molecule has 0 bridgehead atoms. The molecule has 4 nitrogen and oxygen atoms in total. The fourth-order valence-electron chi connectivity index (χ4n) is 3.02. The summed E-state index contributed by atoms with van der Waals surface area (Å²) in [6, 6.07) is 10.8. The van der Waals surface area contributed by atoms with Crippen LogP contribution in [0.2, 0.25) is 0 Å². The molecule has 2 aromatic rings. The zero-order chi connectivity index (χ0) is 18.9. The Kier molecular flexibility index (Phi) is 7.64. The normalized spacial score (nSPS) is 13.4. The molecule has 0 unspecified atom stereocenters. The Labute approximate surface area is 155 Å². The second-order valence-electron chi connectivity index (χ2n) is 7.34. The van der Waals surface area contributed by atoms with E-state index in [1.165, 1.54) is 12.5 Å². The lowest BCUT2D eigenvalue weighted by Gasteiger charge is -2.23. The van der Waals surface area contributed by atoms with Crippen molar-refractivity contribution in [3.05, 3.63) is 60.1 Å². The molecule has 1 aromatic carbocycles. The molecular formula is C22H28O4. The summed E-state index contributed by atoms with van der Waals surface area (Å²) in [6.07, 6.45) is 5.67. The third-order valence-corrected chi connectivity index (χ3v) is 4.39. The molecule has 0 saturated carbocycles. The van der Waals surface area contributed by atoms with Crippen LogP contribution in [0.4, 0.5) is 0 Å². The monoisotopic (exact) mass is 356 g/mol. The molecule has 0 aliphatic carbocycles. The van der Waals surface area contributed by atoms with Gasteiger partial charge in [-0.25, -0.2) is 4.79 Å². The SMILES string of the molecule is CC(C)C[C@H](C[C@@H](C)CCC(=O)c1ccoc1)OC(=O)c1ccccc1. The number of esters is 1. The van der Waals surface area contributed by atoms with Crippen molar-refractivity contribution in [2.75, 3.05) is 0 Å². The smallest absolute Gasteiger partial charge is 0.338 e. The van der Waals surface area contributed by atoms with Gasteiger partial charge in [-0.05, 0) is 49.3 Å². The van der Waals surface area contributed by atoms with Crippen molar-refractivity contribution in [3.63, 3.8) is 0 Å². The maximum absolute atomic E-state index is 12.4. The molecule has 26 heavy (non-hydrogen) atoms. The third kappa shape index (κ3) is 6.51. The summed E-state index contributed by atoms with van der Waals surface area (Å²) in [7, 11) is 0. The van der Waals surface area contributed by atoms with Crippen LogP contribution in [0.25, 0.3) is 0 Å². The number of rotatable bonds is 10. The summed E-state index contributed by atoms with van der Waals surface area (Å²) in [6.45, 7) is 6.35. The first kappa shape index (κ1) is 20.0. The van der Waals surface area contributed by atoms with Crippen LogP contribution in [0.15, 0.2) is 53.3 Å². The van der Waals surface area contributed by atoms with Gasteiger partial charge < -0.3 is 9.15 Å². The van der Waals surface area contributed by atoms with Crippen LogP contribution >= 0.6 is 0 Å². The molecular weight excluding hydrogens is 328 g/mol. The Hall–Kier alpha value is -2.36. The summed E-state index contributed by atoms with van der Waals surface area (Å²) in [5.41, 5.74) is 1.19. The minimum Gasteiger partial charge on any atom is -0.472 e. The zero-order valence-corrected chi connectivity index (χ0v) is 15.8. The molecule has 0 fully saturated rings. The summed E-state index contributed by atoms with van der Waals surface area (Å²) >= 11 is 0. The number of furan rings is 1. The fraction of sp³-hybridized carbons (Fsp3) is 0.455. The average molecular weight is 356 g/mol. The molecule has 4 heteroatoms. The average Bonchev–Trinajstić information content (AvgIpc) is 3.14. The van der Waals surface area contributed by atoms with Crippen molar-refractivity contribution in [1.29, 1.82) is 0 Å². The summed E-state index contributed by atoms with van der Waals surface area (Å²) in [4.78, 5) is 24.4. The molecule has 0 saturated heterocycles. The van der Waals surface area contributed by atoms with E-state index in [9.17, 15) is 9.59 Å². The van der Waals surface area contributed by atoms with E-state index in [1.54, 1.807) is 18.2 Å². The predicted octanol–water partition coefficient (Wildman–Crippen LogP) is 5.54. The Bertz CT molecular complexity index is 673. The van der Waals surface area contributed by atoms with Crippen molar-refractivity contribution in [2.24, 2.45) is 11.8 Å². The zero-order valence-electron chi connectivity index (χ0n) is 15.8. The minimum absolute atomic E-state index is 0.0901. The Morgan fingerprint density at radius 3 is 2.35 bits per heavy atom. The Morgan fingerprint density at radius 2 is 1.73 bits per heavy atom. The van der Waals surface area contributed by atoms with Gasteiger partial charge in [0.1, 0.15) is 12.4 Å². The highest BCUT2D eigenvalue weighted by molar-refractivity contribution is 5.95. The van der Waals surface area contributed by atoms with E-state index < -0.39 is 0 Å². The second kappa shape index (κ2) is 9.95. The van der Waals surface area contributed by atoms with E-state index in [2.05, 4.69) is 20.8 Å². The van der Waals surface area contributed by atoms with Gasteiger partial charge in [0.15, 0.2) is 5.78 Å². The van der Waals surface area contributed by atoms with E-state index in [0.29, 0.717) is 23.5 Å². The molecule has 1 aromatic heterocycles. The summed E-state index contributed by atoms with van der Waals surface area (Å²) in [5.74, 6) is 0.534. The summed E-state index contributed by atoms with van der Waals surface area (Å²) < 4.78 is 10.7. The molecule has 2 atom stereocenters. The van der Waals surface area contributed by atoms with Crippen molar-refractivity contribution in [2.45, 2.75) is 52.6 Å². The number of benzene rings is 1. The number of ether oxygens (including phenoxy) is 1. The van der Waals surface area contributed by atoms with E-state index in [-0.39, 0.29) is 23.8 Å². The highest BCUT2D eigenvalue weighted by Crippen LogP contribution is 2.22. The van der Waals surface area contributed by atoms with Gasteiger partial charge in [-0.2, -0.15) is 0 Å². The quantitative estimate of drug-likeness (QED) is 0.414. The first-order chi connectivity index (χ1) is 12.5. The van der Waals surface area contributed by atoms with E-state index in [4.69, 9.17) is 9.15 Å². The third-order valence-electron chi connectivity index (χ3n) is 4.39. The van der Waals surface area contributed by atoms with E-state index in [0.717, 1.165) is 19.3 Å². The summed E-state index contributed by atoms with van der Waals surface area (Å²) in [5, 5.41) is 0. The molecule has 1 heterocycles. The first-order valence-corrected chi connectivity index (χ1v) is 9.27. The van der Waals surface area contributed by atoms with Crippen LogP contribution in [0, 0.1) is 11.8 Å². The number of hydrogen-bond acceptors (Lipinski definition) is 4. The van der Waals surface area contributed by atoms with Crippen molar-refractivity contribution in [3.8, 4) is 0 Å². The minimum atomic E-state index is -0.280. The van der Waals surface area contributed by atoms with Gasteiger partial charge in [0, 0.05) is 6.42 Å². The highest BCUT2D eigenvalue weighted by Gasteiger charge is 2.21. The first-order valence-electron chi connectivity index (χ1n) is 9.27. The van der Waals surface area contributed by atoms with Gasteiger partial charge in [-0.3, -0.25) is 4.79 Å². The van der Waals surface area contributed by atoms with Crippen molar-refractivity contribution in [1.82, 2.24) is 0 Å². The van der Waals surface area contributed by atoms with Crippen LogP contribution in [0.3, 0.4) is 0 Å². The van der Waals surface area contributed by atoms with Crippen LogP contribution in [-0.4, -0.2) is 17.9 Å². The Balaban J connectivity index is 1.87. The van der Waals surface area contributed by atoms with Gasteiger partial charge in [-0.1, -0.05) is 39.0 Å². The number of Topliss-reactive ketones (excluding diaryl/α,β-unsaturated/α-hetero) is 1. The Morgan fingerprint density at radius 1 is 1.00 bits per heavy atom. The predicted molar refractivity (Wildman–Crippen MR) is 101 cm³/mol. The topological polar surface area (TPSA) is 56.5 Å². The molecule has 0 aliphatic rings. The van der Waals surface area contributed by atoms with E-state index in [1.807, 2.05) is 18.2 Å². The standard InChI is InChI=1S/C22H28O4/c1-16(2)13-20(26-22(24)18-7-5-4-6-8-18)14-17(3)9-10-21(23)19-11-12-25-15-19/h4-8,11-12,15-17,20H,9-10,13-14H2,1-3H3/t17-,20+/m0/s1. The van der Waals surface area contributed by atoms with E-state index >= 15 is 0 Å². The van der Waals surface area contributed by atoms with Crippen molar-refractivity contribution < 1.29 is 18.7 Å². The molecule has 0 N–H and O–H groups in total. The molecule has 0 amide bonds. The van der Waals surface area contributed by atoms with Crippen LogP contribution in [-0.2, 0) is 4.74 Å². The highest BCUT2D eigenvalue weighted by atomic mass is 16.5. The second-order valence-corrected chi connectivity index (χ2v) is 7.34. The molecule has 140 valence electrons. The fourth-order valence-corrected chi connectivity index (χ4v) is 3.02. The lowest BCUT2D eigenvalue weighted by Crippen LogP contribution is -2.23. The molecule has 2 rings (SSSR count). The van der Waals surface area contributed by atoms with Crippen molar-refractivity contribution >= 4 is 11.8 Å². The van der Waals surface area contributed by atoms with Crippen LogP contribution in [0.1, 0.15) is 67.2 Å². The number of carbonyl (C=O) groups excluding carboxylic acids is 2. The maximum atomic E-state index is 12.4. The van der Waals surface area contributed by atoms with Gasteiger partial charge in [-0.15, -0.1) is 0 Å². The van der Waals surface area contributed by atoms with Gasteiger partial charge >= 0.3 is 5.97 Å². The van der Waals surface area contributed by atoms with Crippen LogP contribution < -0.4 is 0 Å². The van der Waals surface area contributed by atoms with Gasteiger partial charge in [0.25, 0.3) is 0 Å². The largest absolute Gasteiger partial charge is 0.472 e. The van der Waals surface area contributed by atoms with Gasteiger partial charge in [0.05, 0.1) is 17.4 Å². The molecule has 0 aliphatic heterocycles. The lowest BCUT2D eigenvalue weighted by atomic mass is 9.92. The number of ketones is 1. The van der Waals surface area contributed by atoms with Gasteiger partial charge in [0.2, 0.25) is 0 Å². The van der Waals surface area contributed by atoms with Crippen LogP contribution in [0.5, 0.6) is 0 Å². The molecule has 0 spiro atoms. The number of hydrogen-bond donors (Lipinski definition) is 0. The number of carbonyl (C=O) groups is 2. The lowest BCUT2D eigenvalue weighted by molar-refractivity contribution is 0.0189.